The van der Waals surface area contributed by atoms with E-state index >= 15 is 0 Å². The number of imide groups is 1. The van der Waals surface area contributed by atoms with Crippen molar-refractivity contribution < 1.29 is 19.1 Å². The normalized spacial score (nSPS) is 38.5. The topological polar surface area (TPSA) is 87.7 Å². The Morgan fingerprint density at radius 2 is 1.88 bits per heavy atom. The first-order valence-electron chi connectivity index (χ1n) is 13.2. The first kappa shape index (κ1) is 20.9. The number of hydrogen-bond acceptors (Lipinski definition) is 5. The zero-order valence-electron chi connectivity index (χ0n) is 19.6. The Labute approximate surface area is 200 Å². The van der Waals surface area contributed by atoms with Crippen molar-refractivity contribution in [2.75, 3.05) is 13.2 Å². The SMILES string of the molecule is O=C1CCC(N2Cc3c(OCCCCCNC45CC6CC7CC(C4)C765)cccc3C2=O)C(=O)N1. The Bertz CT molecular complexity index is 1060. The maximum Gasteiger partial charge on any atom is 0.255 e. The summed E-state index contributed by atoms with van der Waals surface area (Å²) in [7, 11) is 0. The summed E-state index contributed by atoms with van der Waals surface area (Å²) in [6.45, 7) is 2.10. The van der Waals surface area contributed by atoms with Crippen LogP contribution in [0.5, 0.6) is 5.75 Å². The lowest BCUT2D eigenvalue weighted by molar-refractivity contribution is -0.397. The molecule has 0 aromatic heterocycles. The van der Waals surface area contributed by atoms with E-state index < -0.39 is 6.04 Å². The van der Waals surface area contributed by atoms with Gasteiger partial charge in [0, 0.05) is 23.1 Å². The molecule has 7 nitrogen and oxygen atoms in total. The van der Waals surface area contributed by atoms with E-state index in [-0.39, 0.29) is 24.1 Å². The molecule has 2 aliphatic heterocycles. The number of fused-ring (bicyclic) bond motifs is 1. The average molecular weight is 464 g/mol. The van der Waals surface area contributed by atoms with Gasteiger partial charge in [-0.2, -0.15) is 0 Å². The number of ether oxygens (including phenoxy) is 1. The predicted molar refractivity (Wildman–Crippen MR) is 124 cm³/mol. The van der Waals surface area contributed by atoms with Crippen molar-refractivity contribution in [2.45, 2.75) is 75.9 Å². The minimum absolute atomic E-state index is 0.156. The highest BCUT2D eigenvalue weighted by atomic mass is 16.5. The molecule has 0 bridgehead atoms. The lowest BCUT2D eigenvalue weighted by Gasteiger charge is -2.91. The summed E-state index contributed by atoms with van der Waals surface area (Å²) in [6, 6.07) is 4.96. The van der Waals surface area contributed by atoms with Crippen molar-refractivity contribution >= 4 is 17.7 Å². The molecule has 2 heterocycles. The maximum absolute atomic E-state index is 12.9. The van der Waals surface area contributed by atoms with Crippen molar-refractivity contribution in [3.8, 4) is 5.75 Å². The first-order chi connectivity index (χ1) is 16.5. The molecular weight excluding hydrogens is 430 g/mol. The largest absolute Gasteiger partial charge is 0.493 e. The molecule has 3 unspecified atom stereocenters. The second-order valence-corrected chi connectivity index (χ2v) is 11.5. The van der Waals surface area contributed by atoms with Gasteiger partial charge in [-0.05, 0) is 93.2 Å². The van der Waals surface area contributed by atoms with Gasteiger partial charge in [0.15, 0.2) is 0 Å². The molecule has 4 saturated carbocycles. The van der Waals surface area contributed by atoms with Gasteiger partial charge >= 0.3 is 0 Å². The monoisotopic (exact) mass is 463 g/mol. The van der Waals surface area contributed by atoms with Gasteiger partial charge < -0.3 is 15.0 Å². The van der Waals surface area contributed by atoms with E-state index in [0.717, 1.165) is 53.9 Å². The van der Waals surface area contributed by atoms with Crippen molar-refractivity contribution in [3.05, 3.63) is 29.3 Å². The Balaban J connectivity index is 0.881. The van der Waals surface area contributed by atoms with E-state index in [1.807, 2.05) is 12.1 Å². The number of carbonyl (C=O) groups excluding carboxylic acids is 3. The van der Waals surface area contributed by atoms with Crippen LogP contribution in [-0.2, 0) is 16.1 Å². The molecule has 180 valence electrons. The predicted octanol–water partition coefficient (Wildman–Crippen LogP) is 2.77. The molecule has 1 aromatic rings. The molecule has 6 aliphatic rings. The molecular formula is C27H33N3O4. The zero-order valence-corrected chi connectivity index (χ0v) is 19.6. The lowest BCUT2D eigenvalue weighted by atomic mass is 9.15. The Morgan fingerprint density at radius 1 is 1.06 bits per heavy atom. The van der Waals surface area contributed by atoms with E-state index in [0.29, 0.717) is 30.7 Å². The molecule has 7 rings (SSSR count). The summed E-state index contributed by atoms with van der Waals surface area (Å²) in [5, 5.41) is 6.32. The van der Waals surface area contributed by atoms with Crippen molar-refractivity contribution in [2.24, 2.45) is 23.2 Å². The van der Waals surface area contributed by atoms with E-state index in [2.05, 4.69) is 10.6 Å². The molecule has 3 atom stereocenters. The summed E-state index contributed by atoms with van der Waals surface area (Å²) in [5.41, 5.74) is 2.73. The fourth-order valence-corrected chi connectivity index (χ4v) is 8.84. The van der Waals surface area contributed by atoms with E-state index in [4.69, 9.17) is 4.74 Å². The number of unbranched alkanes of at least 4 members (excludes halogenated alkanes) is 2. The number of hydrogen-bond donors (Lipinski definition) is 2. The first-order valence-corrected chi connectivity index (χ1v) is 13.2. The average Bonchev–Trinajstić information content (AvgIpc) is 3.10. The number of benzene rings is 1. The summed E-state index contributed by atoms with van der Waals surface area (Å²) >= 11 is 0. The maximum atomic E-state index is 12.9. The van der Waals surface area contributed by atoms with Crippen molar-refractivity contribution in [1.29, 1.82) is 0 Å². The molecule has 34 heavy (non-hydrogen) atoms. The molecule has 2 N–H and O–H groups in total. The molecule has 4 aliphatic carbocycles. The van der Waals surface area contributed by atoms with Crippen LogP contribution in [0.25, 0.3) is 0 Å². The Morgan fingerprint density at radius 3 is 2.62 bits per heavy atom. The number of piperidine rings is 1. The highest BCUT2D eigenvalue weighted by Crippen LogP contribution is 2.89. The van der Waals surface area contributed by atoms with Crippen LogP contribution in [0, 0.1) is 23.2 Å². The zero-order chi connectivity index (χ0) is 23.1. The van der Waals surface area contributed by atoms with E-state index in [1.165, 1.54) is 32.1 Å². The highest BCUT2D eigenvalue weighted by Gasteiger charge is 2.87. The van der Waals surface area contributed by atoms with Crippen LogP contribution in [0.2, 0.25) is 0 Å². The van der Waals surface area contributed by atoms with Crippen LogP contribution in [-0.4, -0.2) is 47.4 Å². The van der Waals surface area contributed by atoms with Gasteiger partial charge in [-0.1, -0.05) is 6.07 Å². The molecule has 7 heteroatoms. The van der Waals surface area contributed by atoms with Gasteiger partial charge in [0.05, 0.1) is 13.2 Å². The van der Waals surface area contributed by atoms with Gasteiger partial charge in [-0.3, -0.25) is 19.7 Å². The second kappa shape index (κ2) is 7.30. The van der Waals surface area contributed by atoms with Crippen LogP contribution >= 0.6 is 0 Å². The third-order valence-corrected chi connectivity index (χ3v) is 10.3. The second-order valence-electron chi connectivity index (χ2n) is 11.5. The summed E-state index contributed by atoms with van der Waals surface area (Å²) in [4.78, 5) is 38.2. The van der Waals surface area contributed by atoms with Gasteiger partial charge in [0.2, 0.25) is 11.8 Å². The molecule has 1 aromatic carbocycles. The molecule has 0 radical (unpaired) electrons. The quantitative estimate of drug-likeness (QED) is 0.434. The summed E-state index contributed by atoms with van der Waals surface area (Å²) in [5.74, 6) is 3.08. The van der Waals surface area contributed by atoms with E-state index in [1.54, 1.807) is 11.0 Å². The smallest absolute Gasteiger partial charge is 0.255 e. The Kier molecular flexibility index (Phi) is 4.49. The van der Waals surface area contributed by atoms with E-state index in [9.17, 15) is 14.4 Å². The third kappa shape index (κ3) is 2.59. The number of rotatable bonds is 9. The number of nitrogens with one attached hydrogen (secondary N) is 2. The lowest BCUT2D eigenvalue weighted by Crippen LogP contribution is -2.92. The van der Waals surface area contributed by atoms with Gasteiger partial charge in [0.1, 0.15) is 11.8 Å². The molecule has 5 fully saturated rings. The third-order valence-electron chi connectivity index (χ3n) is 10.3. The summed E-state index contributed by atoms with van der Waals surface area (Å²) < 4.78 is 6.09. The standard InChI is InChI=1S/C27H33N3O4/c31-23-8-7-21(24(32)29-23)30-15-20-19(25(30)33)5-4-6-22(20)34-10-3-1-2-9-28-26-13-17-11-16-12-18(14-26)27(16,17)26/h4-6,16-18,21,28H,1-3,7-15H2,(H,29,31,32). The minimum Gasteiger partial charge on any atom is -0.493 e. The van der Waals surface area contributed by atoms with Crippen LogP contribution in [0.1, 0.15) is 73.7 Å². The van der Waals surface area contributed by atoms with Crippen LogP contribution < -0.4 is 15.4 Å². The van der Waals surface area contributed by atoms with Gasteiger partial charge in [-0.15, -0.1) is 0 Å². The van der Waals surface area contributed by atoms with Crippen LogP contribution in [0.4, 0.5) is 0 Å². The van der Waals surface area contributed by atoms with Gasteiger partial charge in [0.25, 0.3) is 5.91 Å². The van der Waals surface area contributed by atoms with Crippen molar-refractivity contribution in [1.82, 2.24) is 15.5 Å². The number of nitrogens with zero attached hydrogens (tertiary/aromatic N) is 1. The van der Waals surface area contributed by atoms with Crippen LogP contribution in [0.3, 0.4) is 0 Å². The molecule has 1 spiro atoms. The molecule has 1 saturated heterocycles. The van der Waals surface area contributed by atoms with Crippen LogP contribution in [0.15, 0.2) is 18.2 Å². The Hall–Kier alpha value is -2.41. The van der Waals surface area contributed by atoms with Gasteiger partial charge in [-0.25, -0.2) is 0 Å². The molecule has 3 amide bonds. The number of carbonyl (C=O) groups is 3. The number of amides is 3. The fraction of sp³-hybridized carbons (Fsp3) is 0.667. The highest BCUT2D eigenvalue weighted by molar-refractivity contribution is 6.05. The minimum atomic E-state index is -0.594. The fourth-order valence-electron chi connectivity index (χ4n) is 8.84. The van der Waals surface area contributed by atoms with Crippen molar-refractivity contribution in [3.63, 3.8) is 0 Å². The summed E-state index contributed by atoms with van der Waals surface area (Å²) in [6.07, 6.45) is 9.81.